The first-order chi connectivity index (χ1) is 5.52. The van der Waals surface area contributed by atoms with Crippen LogP contribution in [0.4, 0.5) is 0 Å². The maximum Gasteiger partial charge on any atom is 0.303 e. The minimum absolute atomic E-state index is 0.0341. The largest absolute Gasteiger partial charge is 0.452 e. The van der Waals surface area contributed by atoms with Crippen LogP contribution in [0.3, 0.4) is 0 Å². The van der Waals surface area contributed by atoms with Crippen LogP contribution in [0.15, 0.2) is 0 Å². The highest BCUT2D eigenvalue weighted by Gasteiger charge is 2.40. The molecule has 0 aromatic carbocycles. The molecule has 1 heterocycles. The minimum Gasteiger partial charge on any atom is -0.452 e. The third kappa shape index (κ3) is 1.42. The van der Waals surface area contributed by atoms with E-state index in [4.69, 9.17) is 5.21 Å². The van der Waals surface area contributed by atoms with E-state index in [2.05, 4.69) is 4.74 Å². The summed E-state index contributed by atoms with van der Waals surface area (Å²) in [7, 11) is 0. The van der Waals surface area contributed by atoms with E-state index in [0.717, 1.165) is 6.92 Å². The first kappa shape index (κ1) is 8.66. The Morgan fingerprint density at radius 1 is 1.67 bits per heavy atom. The number of ether oxygens (including phenoxy) is 1. The van der Waals surface area contributed by atoms with Crippen LogP contribution in [0.1, 0.15) is 13.3 Å². The number of carbonyl (C=O) groups is 3. The lowest BCUT2D eigenvalue weighted by Crippen LogP contribution is -2.30. The molecule has 0 saturated carbocycles. The van der Waals surface area contributed by atoms with Crippen molar-refractivity contribution >= 4 is 17.8 Å². The third-order valence-corrected chi connectivity index (χ3v) is 1.39. The number of amides is 2. The molecule has 0 aromatic rings. The fraction of sp³-hybridized carbons (Fsp3) is 0.500. The minimum atomic E-state index is -1.15. The Hall–Kier alpha value is -1.43. The molecule has 1 atom stereocenters. The second-order valence-corrected chi connectivity index (χ2v) is 2.35. The van der Waals surface area contributed by atoms with Crippen LogP contribution in [0, 0.1) is 0 Å². The molecule has 1 saturated heterocycles. The number of nitrogens with zero attached hydrogens (tertiary/aromatic N) is 1. The molecular formula is C6H7NO5. The highest BCUT2D eigenvalue weighted by molar-refractivity contribution is 6.04. The van der Waals surface area contributed by atoms with Crippen LogP contribution in [-0.4, -0.2) is 34.2 Å². The summed E-state index contributed by atoms with van der Waals surface area (Å²) in [6.45, 7) is 1.12. The molecule has 0 radical (unpaired) electrons. The molecule has 6 heteroatoms. The SMILES string of the molecule is CC(=O)OC1CC(=O)N(O)C1=O. The van der Waals surface area contributed by atoms with Gasteiger partial charge in [0.25, 0.3) is 11.8 Å². The standard InChI is InChI=1S/C6H7NO5/c1-3(8)12-4-2-5(9)7(11)6(4)10/h4,11H,2H2,1H3. The van der Waals surface area contributed by atoms with Gasteiger partial charge in [0, 0.05) is 6.92 Å². The fourth-order valence-corrected chi connectivity index (χ4v) is 0.884. The molecule has 12 heavy (non-hydrogen) atoms. The second kappa shape index (κ2) is 2.90. The average molecular weight is 173 g/mol. The number of carbonyl (C=O) groups excluding carboxylic acids is 3. The van der Waals surface area contributed by atoms with E-state index in [-0.39, 0.29) is 11.5 Å². The molecule has 1 rings (SSSR count). The Kier molecular flexibility index (Phi) is 2.09. The molecular weight excluding hydrogens is 166 g/mol. The molecule has 1 fully saturated rings. The molecule has 2 amide bonds. The summed E-state index contributed by atoms with van der Waals surface area (Å²) in [5.74, 6) is -2.31. The van der Waals surface area contributed by atoms with Crippen LogP contribution in [0.25, 0.3) is 0 Å². The van der Waals surface area contributed by atoms with Crippen LogP contribution >= 0.6 is 0 Å². The second-order valence-electron chi connectivity index (χ2n) is 2.35. The predicted octanol–water partition coefficient (Wildman–Crippen LogP) is -0.934. The van der Waals surface area contributed by atoms with Crippen LogP contribution in [-0.2, 0) is 19.1 Å². The van der Waals surface area contributed by atoms with E-state index in [1.807, 2.05) is 0 Å². The summed E-state index contributed by atoms with van der Waals surface area (Å²) < 4.78 is 4.45. The topological polar surface area (TPSA) is 83.9 Å². The van der Waals surface area contributed by atoms with Gasteiger partial charge in [-0.3, -0.25) is 19.6 Å². The Morgan fingerprint density at radius 2 is 2.25 bits per heavy atom. The van der Waals surface area contributed by atoms with Crippen molar-refractivity contribution in [1.29, 1.82) is 0 Å². The van der Waals surface area contributed by atoms with Gasteiger partial charge in [0.05, 0.1) is 6.42 Å². The van der Waals surface area contributed by atoms with E-state index < -0.39 is 23.9 Å². The van der Waals surface area contributed by atoms with E-state index in [0.29, 0.717) is 0 Å². The van der Waals surface area contributed by atoms with Gasteiger partial charge in [0.1, 0.15) is 0 Å². The van der Waals surface area contributed by atoms with E-state index in [1.165, 1.54) is 0 Å². The first-order valence-corrected chi connectivity index (χ1v) is 3.25. The zero-order valence-electron chi connectivity index (χ0n) is 6.31. The van der Waals surface area contributed by atoms with Gasteiger partial charge in [-0.15, -0.1) is 0 Å². The van der Waals surface area contributed by atoms with Crippen molar-refractivity contribution in [2.75, 3.05) is 0 Å². The van der Waals surface area contributed by atoms with Gasteiger partial charge in [0.15, 0.2) is 6.10 Å². The van der Waals surface area contributed by atoms with Gasteiger partial charge in [-0.25, -0.2) is 0 Å². The van der Waals surface area contributed by atoms with E-state index in [9.17, 15) is 14.4 Å². The Bertz CT molecular complexity index is 246. The van der Waals surface area contributed by atoms with Crippen molar-refractivity contribution in [2.24, 2.45) is 0 Å². The van der Waals surface area contributed by atoms with Crippen LogP contribution in [0.5, 0.6) is 0 Å². The molecule has 0 aliphatic carbocycles. The molecule has 1 aliphatic heterocycles. The highest BCUT2D eigenvalue weighted by atomic mass is 16.6. The number of hydrogen-bond donors (Lipinski definition) is 1. The highest BCUT2D eigenvalue weighted by Crippen LogP contribution is 2.13. The lowest BCUT2D eigenvalue weighted by molar-refractivity contribution is -0.176. The monoisotopic (exact) mass is 173 g/mol. The lowest BCUT2D eigenvalue weighted by Gasteiger charge is -2.06. The van der Waals surface area contributed by atoms with Crippen molar-refractivity contribution in [1.82, 2.24) is 5.06 Å². The van der Waals surface area contributed by atoms with Gasteiger partial charge in [-0.2, -0.15) is 5.06 Å². The maximum absolute atomic E-state index is 10.8. The van der Waals surface area contributed by atoms with Crippen molar-refractivity contribution in [3.8, 4) is 0 Å². The normalized spacial score (nSPS) is 23.2. The fourth-order valence-electron chi connectivity index (χ4n) is 0.884. The van der Waals surface area contributed by atoms with E-state index in [1.54, 1.807) is 0 Å². The quantitative estimate of drug-likeness (QED) is 0.314. The maximum atomic E-state index is 10.8. The van der Waals surface area contributed by atoms with Gasteiger partial charge in [-0.1, -0.05) is 0 Å². The van der Waals surface area contributed by atoms with Crippen molar-refractivity contribution < 1.29 is 24.3 Å². The van der Waals surface area contributed by atoms with E-state index >= 15 is 0 Å². The summed E-state index contributed by atoms with van der Waals surface area (Å²) in [6, 6.07) is 0. The summed E-state index contributed by atoms with van der Waals surface area (Å²) in [4.78, 5) is 31.8. The summed E-state index contributed by atoms with van der Waals surface area (Å²) in [6.07, 6.45) is -1.44. The van der Waals surface area contributed by atoms with Crippen molar-refractivity contribution in [3.05, 3.63) is 0 Å². The van der Waals surface area contributed by atoms with Gasteiger partial charge in [0.2, 0.25) is 0 Å². The Balaban J connectivity index is 2.65. The first-order valence-electron chi connectivity index (χ1n) is 3.25. The molecule has 6 nitrogen and oxygen atoms in total. The van der Waals surface area contributed by atoms with Gasteiger partial charge in [-0.05, 0) is 0 Å². The summed E-state index contributed by atoms with van der Waals surface area (Å²) >= 11 is 0. The number of hydroxylamine groups is 2. The van der Waals surface area contributed by atoms with Crippen LogP contribution in [0.2, 0.25) is 0 Å². The Morgan fingerprint density at radius 3 is 2.58 bits per heavy atom. The average Bonchev–Trinajstić information content (AvgIpc) is 2.17. The number of hydrogen-bond acceptors (Lipinski definition) is 5. The molecule has 0 aromatic heterocycles. The molecule has 0 bridgehead atoms. The molecule has 1 N–H and O–H groups in total. The summed E-state index contributed by atoms with van der Waals surface area (Å²) in [5.41, 5.74) is 0. The number of esters is 1. The number of imide groups is 1. The smallest absolute Gasteiger partial charge is 0.303 e. The molecule has 66 valence electrons. The van der Waals surface area contributed by atoms with Crippen molar-refractivity contribution in [2.45, 2.75) is 19.4 Å². The molecule has 0 spiro atoms. The zero-order valence-corrected chi connectivity index (χ0v) is 6.31. The van der Waals surface area contributed by atoms with Crippen LogP contribution < -0.4 is 0 Å². The molecule has 1 aliphatic rings. The molecule has 1 unspecified atom stereocenters. The third-order valence-electron chi connectivity index (χ3n) is 1.39. The van der Waals surface area contributed by atoms with Gasteiger partial charge < -0.3 is 4.74 Å². The van der Waals surface area contributed by atoms with Gasteiger partial charge >= 0.3 is 5.97 Å². The zero-order chi connectivity index (χ0) is 9.30. The predicted molar refractivity (Wildman–Crippen MR) is 33.8 cm³/mol. The Labute approximate surface area is 67.7 Å². The number of rotatable bonds is 1. The summed E-state index contributed by atoms with van der Waals surface area (Å²) in [5, 5.41) is 8.66. The van der Waals surface area contributed by atoms with Crippen molar-refractivity contribution in [3.63, 3.8) is 0 Å². The lowest BCUT2D eigenvalue weighted by atomic mass is 10.3.